The first-order chi connectivity index (χ1) is 5.66. The predicted molar refractivity (Wildman–Crippen MR) is 45.8 cm³/mol. The van der Waals surface area contributed by atoms with Gasteiger partial charge in [-0.1, -0.05) is 6.92 Å². The van der Waals surface area contributed by atoms with E-state index >= 15 is 0 Å². The van der Waals surface area contributed by atoms with Gasteiger partial charge in [-0.15, -0.1) is 0 Å². The van der Waals surface area contributed by atoms with E-state index in [-0.39, 0.29) is 12.0 Å². The molecule has 1 N–H and O–H groups in total. The smallest absolute Gasteiger partial charge is 0.138 e. The lowest BCUT2D eigenvalue weighted by molar-refractivity contribution is 0.163. The molecular weight excluding hydrogens is 154 g/mol. The van der Waals surface area contributed by atoms with E-state index in [0.717, 1.165) is 12.4 Å². The third kappa shape index (κ3) is 1.64. The van der Waals surface area contributed by atoms with E-state index in [2.05, 4.69) is 10.1 Å². The molecule has 4 nitrogen and oxygen atoms in total. The van der Waals surface area contributed by atoms with Crippen LogP contribution in [-0.2, 0) is 6.54 Å². The molecule has 0 saturated heterocycles. The number of aryl methyl sites for hydroxylation is 1. The first kappa shape index (κ1) is 9.19. The van der Waals surface area contributed by atoms with Crippen molar-refractivity contribution in [3.8, 4) is 0 Å². The molecule has 0 aromatic carbocycles. The van der Waals surface area contributed by atoms with Gasteiger partial charge in [0.25, 0.3) is 0 Å². The van der Waals surface area contributed by atoms with Gasteiger partial charge in [-0.05, 0) is 13.8 Å². The van der Waals surface area contributed by atoms with Crippen LogP contribution in [-0.4, -0.2) is 26.0 Å². The maximum atomic E-state index is 9.33. The summed E-state index contributed by atoms with van der Waals surface area (Å²) in [5.41, 5.74) is 0. The Balaban J connectivity index is 2.86. The molecule has 0 amide bonds. The highest BCUT2D eigenvalue weighted by atomic mass is 16.3. The first-order valence-electron chi connectivity index (χ1n) is 4.22. The molecular formula is C8H15N3O. The van der Waals surface area contributed by atoms with Crippen LogP contribution in [0.2, 0.25) is 0 Å². The zero-order valence-corrected chi connectivity index (χ0v) is 7.73. The molecule has 2 unspecified atom stereocenters. The van der Waals surface area contributed by atoms with Crippen molar-refractivity contribution in [1.29, 1.82) is 0 Å². The molecule has 0 saturated carbocycles. The number of aliphatic hydroxyl groups excluding tert-OH is 1. The van der Waals surface area contributed by atoms with E-state index in [1.807, 2.05) is 13.8 Å². The normalized spacial score (nSPS) is 16.0. The second kappa shape index (κ2) is 3.67. The average molecular weight is 169 g/mol. The lowest BCUT2D eigenvalue weighted by atomic mass is 10.1. The molecule has 2 atom stereocenters. The van der Waals surface area contributed by atoms with Crippen molar-refractivity contribution in [3.63, 3.8) is 0 Å². The van der Waals surface area contributed by atoms with E-state index in [1.54, 1.807) is 11.6 Å². The van der Waals surface area contributed by atoms with Crippen molar-refractivity contribution >= 4 is 0 Å². The van der Waals surface area contributed by atoms with Gasteiger partial charge in [0.2, 0.25) is 0 Å². The fourth-order valence-corrected chi connectivity index (χ4v) is 1.09. The Morgan fingerprint density at radius 1 is 1.58 bits per heavy atom. The number of aromatic nitrogens is 3. The van der Waals surface area contributed by atoms with E-state index in [0.29, 0.717) is 0 Å². The van der Waals surface area contributed by atoms with Gasteiger partial charge in [0.05, 0.1) is 6.10 Å². The van der Waals surface area contributed by atoms with Crippen LogP contribution in [0.1, 0.15) is 32.5 Å². The number of nitrogens with zero attached hydrogens (tertiary/aromatic N) is 3. The molecule has 0 fully saturated rings. The molecule has 68 valence electrons. The van der Waals surface area contributed by atoms with Gasteiger partial charge in [-0.3, -0.25) is 4.68 Å². The van der Waals surface area contributed by atoms with Crippen LogP contribution >= 0.6 is 0 Å². The average Bonchev–Trinajstić information content (AvgIpc) is 2.49. The second-order valence-corrected chi connectivity index (χ2v) is 2.96. The summed E-state index contributed by atoms with van der Waals surface area (Å²) in [6.45, 7) is 6.51. The Labute approximate surface area is 72.2 Å². The molecule has 4 heteroatoms. The van der Waals surface area contributed by atoms with Crippen molar-refractivity contribution in [2.24, 2.45) is 0 Å². The number of aliphatic hydroxyl groups is 1. The predicted octanol–water partition coefficient (Wildman–Crippen LogP) is 0.782. The van der Waals surface area contributed by atoms with Crippen molar-refractivity contribution in [1.82, 2.24) is 14.8 Å². The largest absolute Gasteiger partial charge is 0.393 e. The van der Waals surface area contributed by atoms with Crippen molar-refractivity contribution in [2.45, 2.75) is 39.3 Å². The van der Waals surface area contributed by atoms with Gasteiger partial charge in [0, 0.05) is 12.5 Å². The number of hydrogen-bond donors (Lipinski definition) is 1. The minimum atomic E-state index is -0.375. The maximum absolute atomic E-state index is 9.33. The van der Waals surface area contributed by atoms with Crippen LogP contribution in [0.15, 0.2) is 6.33 Å². The summed E-state index contributed by atoms with van der Waals surface area (Å²) in [5.74, 6) is 0.903. The molecule has 12 heavy (non-hydrogen) atoms. The highest BCUT2D eigenvalue weighted by Gasteiger charge is 2.16. The van der Waals surface area contributed by atoms with Gasteiger partial charge in [0.15, 0.2) is 0 Å². The lowest BCUT2D eigenvalue weighted by Crippen LogP contribution is -2.16. The molecule has 0 aliphatic carbocycles. The van der Waals surface area contributed by atoms with Crippen LogP contribution in [0.5, 0.6) is 0 Å². The fraction of sp³-hybridized carbons (Fsp3) is 0.750. The summed E-state index contributed by atoms with van der Waals surface area (Å²) in [6.07, 6.45) is 1.15. The molecule has 0 radical (unpaired) electrons. The molecule has 1 rings (SSSR count). The van der Waals surface area contributed by atoms with Crippen LogP contribution in [0.25, 0.3) is 0 Å². The molecule has 0 aliphatic rings. The Morgan fingerprint density at radius 2 is 2.25 bits per heavy atom. The molecule has 0 aliphatic heterocycles. The minimum absolute atomic E-state index is 0.0486. The van der Waals surface area contributed by atoms with Gasteiger partial charge in [-0.2, -0.15) is 5.10 Å². The van der Waals surface area contributed by atoms with Crippen LogP contribution in [0, 0.1) is 0 Å². The van der Waals surface area contributed by atoms with Crippen LogP contribution < -0.4 is 0 Å². The summed E-state index contributed by atoms with van der Waals surface area (Å²) in [7, 11) is 0. The third-order valence-corrected chi connectivity index (χ3v) is 2.08. The molecule has 0 bridgehead atoms. The van der Waals surface area contributed by atoms with Gasteiger partial charge >= 0.3 is 0 Å². The van der Waals surface area contributed by atoms with E-state index in [4.69, 9.17) is 0 Å². The molecule has 1 heterocycles. The Hall–Kier alpha value is -0.900. The van der Waals surface area contributed by atoms with Crippen molar-refractivity contribution in [2.75, 3.05) is 0 Å². The number of hydrogen-bond acceptors (Lipinski definition) is 3. The monoisotopic (exact) mass is 169 g/mol. The van der Waals surface area contributed by atoms with E-state index in [1.165, 1.54) is 6.33 Å². The maximum Gasteiger partial charge on any atom is 0.138 e. The minimum Gasteiger partial charge on any atom is -0.393 e. The summed E-state index contributed by atoms with van der Waals surface area (Å²) in [5, 5.41) is 13.4. The first-order valence-corrected chi connectivity index (χ1v) is 4.22. The van der Waals surface area contributed by atoms with Crippen molar-refractivity contribution < 1.29 is 5.11 Å². The van der Waals surface area contributed by atoms with Crippen LogP contribution in [0.3, 0.4) is 0 Å². The molecule has 0 spiro atoms. The third-order valence-electron chi connectivity index (χ3n) is 2.08. The lowest BCUT2D eigenvalue weighted by Gasteiger charge is -2.13. The standard InChI is InChI=1S/C8H15N3O/c1-4-11-8(9-5-10-11)6(2)7(3)12/h5-7,12H,4H2,1-3H3. The Bertz CT molecular complexity index is 244. The quantitative estimate of drug-likeness (QED) is 0.727. The molecule has 1 aromatic heterocycles. The van der Waals surface area contributed by atoms with E-state index in [9.17, 15) is 5.11 Å². The van der Waals surface area contributed by atoms with Crippen molar-refractivity contribution in [3.05, 3.63) is 12.2 Å². The fourth-order valence-electron chi connectivity index (χ4n) is 1.09. The highest BCUT2D eigenvalue weighted by Crippen LogP contribution is 2.15. The van der Waals surface area contributed by atoms with Gasteiger partial charge in [-0.25, -0.2) is 4.98 Å². The summed E-state index contributed by atoms with van der Waals surface area (Å²) in [4.78, 5) is 4.10. The molecule has 1 aromatic rings. The van der Waals surface area contributed by atoms with E-state index < -0.39 is 0 Å². The second-order valence-electron chi connectivity index (χ2n) is 2.96. The summed E-state index contributed by atoms with van der Waals surface area (Å²) < 4.78 is 1.80. The van der Waals surface area contributed by atoms with Gasteiger partial charge < -0.3 is 5.11 Å². The zero-order valence-electron chi connectivity index (χ0n) is 7.73. The summed E-state index contributed by atoms with van der Waals surface area (Å²) >= 11 is 0. The van der Waals surface area contributed by atoms with Crippen LogP contribution in [0.4, 0.5) is 0 Å². The Morgan fingerprint density at radius 3 is 2.75 bits per heavy atom. The summed E-state index contributed by atoms with van der Waals surface area (Å²) in [6, 6.07) is 0. The topological polar surface area (TPSA) is 50.9 Å². The number of rotatable bonds is 3. The SMILES string of the molecule is CCn1ncnc1C(C)C(C)O. The van der Waals surface area contributed by atoms with Gasteiger partial charge in [0.1, 0.15) is 12.2 Å². The Kier molecular flexibility index (Phi) is 2.81. The zero-order chi connectivity index (χ0) is 9.14. The highest BCUT2D eigenvalue weighted by molar-refractivity contribution is 4.95.